The molecule has 2 aromatic rings. The smallest absolute Gasteiger partial charge is 0.231 e. The number of carbonyl (C=O) groups is 2. The number of nitrogens with one attached hydrogen (secondary N) is 1. The number of hydrogen-bond donors (Lipinski definition) is 1. The Hall–Kier alpha value is -2.22. The van der Waals surface area contributed by atoms with Crippen LogP contribution in [0.5, 0.6) is 0 Å². The normalized spacial score (nSPS) is 18.0. The lowest BCUT2D eigenvalue weighted by Gasteiger charge is -2.14. The first-order valence-electron chi connectivity index (χ1n) is 7.09. The molecule has 116 valence electrons. The van der Waals surface area contributed by atoms with Gasteiger partial charge >= 0.3 is 0 Å². The van der Waals surface area contributed by atoms with E-state index in [2.05, 4.69) is 15.5 Å². The lowest BCUT2D eigenvalue weighted by atomic mass is 10.1. The second kappa shape index (κ2) is 6.27. The zero-order valence-corrected chi connectivity index (χ0v) is 12.9. The van der Waals surface area contributed by atoms with E-state index in [1.807, 2.05) is 13.0 Å². The molecule has 1 atom stereocenters. The molecule has 0 aliphatic carbocycles. The molecular formula is C14H16N4O3S. The number of carbonyl (C=O) groups excluding carboxylic acids is 2. The maximum atomic E-state index is 12.2. The molecule has 0 aromatic carbocycles. The van der Waals surface area contributed by atoms with Crippen LogP contribution < -0.4 is 5.32 Å². The Kier molecular flexibility index (Phi) is 4.19. The van der Waals surface area contributed by atoms with Crippen LogP contribution in [0.15, 0.2) is 22.8 Å². The van der Waals surface area contributed by atoms with Crippen molar-refractivity contribution in [2.75, 3.05) is 11.9 Å². The van der Waals surface area contributed by atoms with Crippen LogP contribution in [0.1, 0.15) is 24.1 Å². The highest BCUT2D eigenvalue weighted by atomic mass is 32.1. The van der Waals surface area contributed by atoms with Crippen molar-refractivity contribution in [3.63, 3.8) is 0 Å². The van der Waals surface area contributed by atoms with Crippen LogP contribution in [-0.4, -0.2) is 33.5 Å². The molecule has 3 rings (SSSR count). The quantitative estimate of drug-likeness (QED) is 0.905. The Morgan fingerprint density at radius 3 is 3.09 bits per heavy atom. The van der Waals surface area contributed by atoms with Gasteiger partial charge in [-0.1, -0.05) is 18.3 Å². The minimum atomic E-state index is -0.364. The number of aromatic nitrogens is 2. The van der Waals surface area contributed by atoms with Crippen LogP contribution in [-0.2, 0) is 22.6 Å². The van der Waals surface area contributed by atoms with Gasteiger partial charge < -0.3 is 14.6 Å². The number of likely N-dealkylation sites (tertiary alicyclic amines) is 1. The number of anilines is 1. The third-order valence-electron chi connectivity index (χ3n) is 3.51. The van der Waals surface area contributed by atoms with Gasteiger partial charge in [0, 0.05) is 13.0 Å². The Labute approximate surface area is 131 Å². The van der Waals surface area contributed by atoms with E-state index in [9.17, 15) is 9.59 Å². The molecule has 2 amide bonds. The number of aryl methyl sites for hydroxylation is 1. The van der Waals surface area contributed by atoms with Crippen molar-refractivity contribution in [2.45, 2.75) is 26.3 Å². The molecule has 0 bridgehead atoms. The Morgan fingerprint density at radius 2 is 2.41 bits per heavy atom. The van der Waals surface area contributed by atoms with E-state index in [-0.39, 0.29) is 24.2 Å². The second-order valence-electron chi connectivity index (χ2n) is 5.10. The van der Waals surface area contributed by atoms with Gasteiger partial charge in [-0.3, -0.25) is 9.59 Å². The predicted molar refractivity (Wildman–Crippen MR) is 80.1 cm³/mol. The number of amides is 2. The first-order valence-corrected chi connectivity index (χ1v) is 7.90. The molecule has 22 heavy (non-hydrogen) atoms. The highest BCUT2D eigenvalue weighted by molar-refractivity contribution is 7.15. The van der Waals surface area contributed by atoms with Gasteiger partial charge in [0.05, 0.1) is 18.7 Å². The predicted octanol–water partition coefficient (Wildman–Crippen LogP) is 1.68. The van der Waals surface area contributed by atoms with Crippen molar-refractivity contribution in [1.82, 2.24) is 15.1 Å². The molecule has 8 heteroatoms. The average Bonchev–Trinajstić information content (AvgIpc) is 3.22. The van der Waals surface area contributed by atoms with Gasteiger partial charge in [-0.2, -0.15) is 0 Å². The molecule has 0 spiro atoms. The molecule has 1 fully saturated rings. The Bertz CT molecular complexity index is 667. The number of furan rings is 1. The molecule has 1 aliphatic heterocycles. The largest absolute Gasteiger partial charge is 0.467 e. The fraction of sp³-hybridized carbons (Fsp3) is 0.429. The highest BCUT2D eigenvalue weighted by Gasteiger charge is 2.35. The molecule has 0 radical (unpaired) electrons. The molecule has 1 saturated heterocycles. The van der Waals surface area contributed by atoms with E-state index >= 15 is 0 Å². The van der Waals surface area contributed by atoms with E-state index < -0.39 is 0 Å². The van der Waals surface area contributed by atoms with Crippen LogP contribution in [0.4, 0.5) is 5.13 Å². The summed E-state index contributed by atoms with van der Waals surface area (Å²) in [6.45, 7) is 2.77. The SMILES string of the molecule is CCc1nnc(NC(=O)[C@@H]2CC(=O)N(Cc3ccco3)C2)s1. The van der Waals surface area contributed by atoms with E-state index in [0.717, 1.165) is 11.4 Å². The van der Waals surface area contributed by atoms with Crippen LogP contribution in [0.2, 0.25) is 0 Å². The standard InChI is InChI=1S/C14H16N4O3S/c1-2-11-16-17-14(22-11)15-13(20)9-6-12(19)18(7-9)8-10-4-3-5-21-10/h3-5,9H,2,6-8H2,1H3,(H,15,17,20)/t9-/m1/s1. The summed E-state index contributed by atoms with van der Waals surface area (Å²) in [5, 5.41) is 12.0. The third kappa shape index (κ3) is 3.16. The zero-order valence-electron chi connectivity index (χ0n) is 12.1. The number of nitrogens with zero attached hydrogens (tertiary/aromatic N) is 3. The van der Waals surface area contributed by atoms with Gasteiger partial charge in [-0.25, -0.2) is 0 Å². The van der Waals surface area contributed by atoms with E-state index in [1.54, 1.807) is 17.2 Å². The van der Waals surface area contributed by atoms with Crippen molar-refractivity contribution in [3.8, 4) is 0 Å². The van der Waals surface area contributed by atoms with E-state index in [0.29, 0.717) is 24.0 Å². The summed E-state index contributed by atoms with van der Waals surface area (Å²) in [7, 11) is 0. The molecule has 0 saturated carbocycles. The monoisotopic (exact) mass is 320 g/mol. The van der Waals surface area contributed by atoms with Crippen LogP contribution in [0, 0.1) is 5.92 Å². The maximum Gasteiger partial charge on any atom is 0.231 e. The van der Waals surface area contributed by atoms with Crippen molar-refractivity contribution in [3.05, 3.63) is 29.2 Å². The van der Waals surface area contributed by atoms with Crippen molar-refractivity contribution >= 4 is 28.3 Å². The van der Waals surface area contributed by atoms with E-state index in [1.165, 1.54) is 11.3 Å². The summed E-state index contributed by atoms with van der Waals surface area (Å²) in [4.78, 5) is 25.9. The minimum absolute atomic E-state index is 0.0388. The van der Waals surface area contributed by atoms with Gasteiger partial charge in [0.25, 0.3) is 0 Å². The lowest BCUT2D eigenvalue weighted by molar-refractivity contribution is -0.128. The highest BCUT2D eigenvalue weighted by Crippen LogP contribution is 2.23. The van der Waals surface area contributed by atoms with E-state index in [4.69, 9.17) is 4.42 Å². The zero-order chi connectivity index (χ0) is 15.5. The van der Waals surface area contributed by atoms with Gasteiger partial charge in [-0.05, 0) is 18.6 Å². The summed E-state index contributed by atoms with van der Waals surface area (Å²) in [6.07, 6.45) is 2.57. The first kappa shape index (κ1) is 14.7. The molecule has 1 N–H and O–H groups in total. The van der Waals surface area contributed by atoms with Crippen LogP contribution in [0.3, 0.4) is 0 Å². The summed E-state index contributed by atoms with van der Waals surface area (Å²) in [6, 6.07) is 3.59. The maximum absolute atomic E-state index is 12.2. The van der Waals surface area contributed by atoms with Crippen LogP contribution in [0.25, 0.3) is 0 Å². The van der Waals surface area contributed by atoms with Gasteiger partial charge in [0.1, 0.15) is 10.8 Å². The summed E-state index contributed by atoms with van der Waals surface area (Å²) in [5.41, 5.74) is 0. The first-order chi connectivity index (χ1) is 10.7. The van der Waals surface area contributed by atoms with Gasteiger partial charge in [-0.15, -0.1) is 10.2 Å². The number of rotatable bonds is 5. The number of hydrogen-bond acceptors (Lipinski definition) is 6. The van der Waals surface area contributed by atoms with Gasteiger partial charge in [0.15, 0.2) is 0 Å². The molecule has 0 unspecified atom stereocenters. The van der Waals surface area contributed by atoms with Crippen molar-refractivity contribution in [2.24, 2.45) is 5.92 Å². The summed E-state index contributed by atoms with van der Waals surface area (Å²) >= 11 is 1.36. The van der Waals surface area contributed by atoms with Crippen molar-refractivity contribution in [1.29, 1.82) is 0 Å². The molecule has 3 heterocycles. The second-order valence-corrected chi connectivity index (χ2v) is 6.16. The Balaban J connectivity index is 1.58. The third-order valence-corrected chi connectivity index (χ3v) is 4.49. The molecule has 2 aromatic heterocycles. The molecule has 7 nitrogen and oxygen atoms in total. The van der Waals surface area contributed by atoms with Gasteiger partial charge in [0.2, 0.25) is 16.9 Å². The molecular weight excluding hydrogens is 304 g/mol. The van der Waals surface area contributed by atoms with Crippen LogP contribution >= 0.6 is 11.3 Å². The fourth-order valence-corrected chi connectivity index (χ4v) is 3.03. The summed E-state index contributed by atoms with van der Waals surface area (Å²) in [5.74, 6) is 0.125. The molecule has 1 aliphatic rings. The lowest BCUT2D eigenvalue weighted by Crippen LogP contribution is -2.27. The Morgan fingerprint density at radius 1 is 1.55 bits per heavy atom. The summed E-state index contributed by atoms with van der Waals surface area (Å²) < 4.78 is 5.24. The minimum Gasteiger partial charge on any atom is -0.467 e. The van der Waals surface area contributed by atoms with Crippen molar-refractivity contribution < 1.29 is 14.0 Å². The topological polar surface area (TPSA) is 88.3 Å². The fourth-order valence-electron chi connectivity index (χ4n) is 2.35. The average molecular weight is 320 g/mol.